The Bertz CT molecular complexity index is 1530. The first kappa shape index (κ1) is 34.3. The third-order valence-electron chi connectivity index (χ3n) is 6.55. The number of sulfonamides is 1. The van der Waals surface area contributed by atoms with Crippen LogP contribution in [0.5, 0.6) is 0 Å². The van der Waals surface area contributed by atoms with Crippen molar-refractivity contribution in [3.63, 3.8) is 0 Å². The minimum absolute atomic E-state index is 0.0339. The third-order valence-corrected chi connectivity index (χ3v) is 8.68. The fourth-order valence-electron chi connectivity index (χ4n) is 4.17. The molecule has 0 fully saturated rings. The van der Waals surface area contributed by atoms with Crippen LogP contribution < -0.4 is 21.1 Å². The van der Waals surface area contributed by atoms with Crippen LogP contribution in [0.1, 0.15) is 40.4 Å². The molecule has 3 aromatic rings. The highest BCUT2D eigenvalue weighted by Gasteiger charge is 2.30. The van der Waals surface area contributed by atoms with Crippen molar-refractivity contribution in [2.75, 3.05) is 18.6 Å². The highest BCUT2D eigenvalue weighted by molar-refractivity contribution is 7.98. The quantitative estimate of drug-likeness (QED) is 0.0901. The molecule has 0 spiro atoms. The maximum atomic E-state index is 13.6. The Hall–Kier alpha value is -4.20. The topological polar surface area (TPSA) is 181 Å². The van der Waals surface area contributed by atoms with Gasteiger partial charge in [0.15, 0.2) is 0 Å². The summed E-state index contributed by atoms with van der Waals surface area (Å²) in [7, 11) is -4.20. The lowest BCUT2D eigenvalue weighted by atomic mass is 10.1. The van der Waals surface area contributed by atoms with E-state index in [4.69, 9.17) is 15.9 Å². The smallest absolute Gasteiger partial charge is 0.338 e. The Morgan fingerprint density at radius 2 is 1.52 bits per heavy atom. The molecule has 0 unspecified atom stereocenters. The summed E-state index contributed by atoms with van der Waals surface area (Å²) in [5.41, 5.74) is 7.75. The van der Waals surface area contributed by atoms with Crippen molar-refractivity contribution in [3.8, 4) is 0 Å². The Kier molecular flexibility index (Phi) is 12.9. The van der Waals surface area contributed by atoms with Crippen molar-refractivity contribution in [3.05, 3.63) is 101 Å². The monoisotopic (exact) mass is 639 g/mol. The second-order valence-corrected chi connectivity index (χ2v) is 12.5. The number of rotatable bonds is 16. The minimum atomic E-state index is -4.20. The number of carbonyl (C=O) groups excluding carboxylic acids is 3. The maximum absolute atomic E-state index is 13.6. The Labute approximate surface area is 261 Å². The average molecular weight is 640 g/mol. The van der Waals surface area contributed by atoms with Crippen molar-refractivity contribution < 1.29 is 27.5 Å². The molecule has 44 heavy (non-hydrogen) atoms. The third kappa shape index (κ3) is 10.2. The first-order valence-electron chi connectivity index (χ1n) is 13.9. The molecule has 3 rings (SSSR count). The van der Waals surface area contributed by atoms with Crippen LogP contribution in [0.25, 0.3) is 0 Å². The predicted molar refractivity (Wildman–Crippen MR) is 171 cm³/mol. The van der Waals surface area contributed by atoms with Gasteiger partial charge in [0.2, 0.25) is 21.8 Å². The van der Waals surface area contributed by atoms with E-state index in [1.165, 1.54) is 36.0 Å². The van der Waals surface area contributed by atoms with Crippen molar-refractivity contribution in [1.82, 2.24) is 15.4 Å². The van der Waals surface area contributed by atoms with Crippen LogP contribution in [0, 0.1) is 5.41 Å². The van der Waals surface area contributed by atoms with E-state index in [-0.39, 0.29) is 35.9 Å². The molecule has 0 aromatic heterocycles. The van der Waals surface area contributed by atoms with Crippen molar-refractivity contribution in [2.24, 2.45) is 5.73 Å². The number of amides is 2. The van der Waals surface area contributed by atoms with E-state index in [1.54, 1.807) is 55.5 Å². The van der Waals surface area contributed by atoms with Gasteiger partial charge in [-0.15, -0.1) is 0 Å². The maximum Gasteiger partial charge on any atom is 0.338 e. The number of nitrogen functional groups attached to an aromatic ring is 1. The summed E-state index contributed by atoms with van der Waals surface area (Å²) < 4.78 is 34.1. The molecule has 0 aliphatic carbocycles. The van der Waals surface area contributed by atoms with Gasteiger partial charge >= 0.3 is 5.97 Å². The number of esters is 1. The summed E-state index contributed by atoms with van der Waals surface area (Å²) in [6, 6.07) is 18.8. The number of carbonyl (C=O) groups is 3. The normalized spacial score (nSPS) is 12.5. The van der Waals surface area contributed by atoms with E-state index in [0.717, 1.165) is 5.56 Å². The number of benzene rings is 3. The average Bonchev–Trinajstić information content (AvgIpc) is 3.02. The van der Waals surface area contributed by atoms with Crippen LogP contribution in [-0.2, 0) is 37.3 Å². The van der Waals surface area contributed by atoms with Crippen molar-refractivity contribution in [1.29, 1.82) is 5.41 Å². The van der Waals surface area contributed by atoms with Crippen LogP contribution in [0.4, 0.5) is 0 Å². The molecule has 234 valence electrons. The summed E-state index contributed by atoms with van der Waals surface area (Å²) in [6.07, 6.45) is 2.24. The molecule has 13 heteroatoms. The summed E-state index contributed by atoms with van der Waals surface area (Å²) in [6.45, 7) is 2.04. The molecule has 0 aliphatic heterocycles. The SMILES string of the molecule is CCOC(=O)c1ccc(S(=O)(=O)N[C@H](Cc2ccccc2)C(=O)N[C@@H](CCSC)C(=O)NCc2ccc(C(=N)N)cc2)cc1. The number of hydrogen-bond acceptors (Lipinski definition) is 8. The molecule has 0 aliphatic rings. The van der Waals surface area contributed by atoms with Crippen molar-refractivity contribution in [2.45, 2.75) is 43.3 Å². The van der Waals surface area contributed by atoms with Crippen LogP contribution in [-0.4, -0.2) is 62.7 Å². The van der Waals surface area contributed by atoms with Gasteiger partial charge in [-0.2, -0.15) is 16.5 Å². The Balaban J connectivity index is 1.78. The molecule has 2 atom stereocenters. The first-order valence-corrected chi connectivity index (χ1v) is 16.8. The zero-order valence-corrected chi connectivity index (χ0v) is 26.2. The van der Waals surface area contributed by atoms with Crippen LogP contribution in [0.15, 0.2) is 83.8 Å². The van der Waals surface area contributed by atoms with E-state index in [1.807, 2.05) is 12.3 Å². The zero-order valence-electron chi connectivity index (χ0n) is 24.5. The van der Waals surface area contributed by atoms with Crippen molar-refractivity contribution >= 4 is 45.4 Å². The molecule has 0 radical (unpaired) electrons. The molecule has 0 saturated carbocycles. The first-order chi connectivity index (χ1) is 21.0. The van der Waals surface area contributed by atoms with Crippen LogP contribution in [0.2, 0.25) is 0 Å². The lowest BCUT2D eigenvalue weighted by Gasteiger charge is -2.23. The van der Waals surface area contributed by atoms with Gasteiger partial charge in [-0.1, -0.05) is 54.6 Å². The second kappa shape index (κ2) is 16.6. The highest BCUT2D eigenvalue weighted by atomic mass is 32.2. The Morgan fingerprint density at radius 1 is 0.886 bits per heavy atom. The van der Waals surface area contributed by atoms with E-state index in [9.17, 15) is 22.8 Å². The lowest BCUT2D eigenvalue weighted by molar-refractivity contribution is -0.129. The zero-order chi connectivity index (χ0) is 32.1. The number of hydrogen-bond donors (Lipinski definition) is 5. The molecule has 2 amide bonds. The minimum Gasteiger partial charge on any atom is -0.462 e. The molecule has 0 saturated heterocycles. The number of amidine groups is 1. The standard InChI is InChI=1S/C31H37N5O6S2/c1-3-42-31(39)24-13-15-25(16-14-24)44(40,41)36-27(19-21-7-5-4-6-8-21)30(38)35-26(17-18-43-2)29(37)34-20-22-9-11-23(12-10-22)28(32)33/h4-16,26-27,36H,3,17-20H2,1-2H3,(H3,32,33)(H,34,37)(H,35,38)/t26-,27+/m0/s1. The van der Waals surface area contributed by atoms with Gasteiger partial charge in [0.05, 0.1) is 17.1 Å². The summed E-state index contributed by atoms with van der Waals surface area (Å²) in [4.78, 5) is 38.6. The summed E-state index contributed by atoms with van der Waals surface area (Å²) >= 11 is 1.51. The van der Waals surface area contributed by atoms with Gasteiger partial charge in [-0.05, 0) is 67.2 Å². The molecule has 0 bridgehead atoms. The highest BCUT2D eigenvalue weighted by Crippen LogP contribution is 2.14. The van der Waals surface area contributed by atoms with Gasteiger partial charge in [0, 0.05) is 12.1 Å². The van der Waals surface area contributed by atoms with Crippen LogP contribution in [0.3, 0.4) is 0 Å². The second-order valence-electron chi connectivity index (χ2n) is 9.78. The van der Waals surface area contributed by atoms with E-state index >= 15 is 0 Å². The molecular weight excluding hydrogens is 603 g/mol. The number of ether oxygens (including phenoxy) is 1. The van der Waals surface area contributed by atoms with E-state index < -0.39 is 39.9 Å². The lowest BCUT2D eigenvalue weighted by Crippen LogP contribution is -2.54. The van der Waals surface area contributed by atoms with Gasteiger partial charge in [0.1, 0.15) is 17.9 Å². The largest absolute Gasteiger partial charge is 0.462 e. The predicted octanol–water partition coefficient (Wildman–Crippen LogP) is 2.59. The van der Waals surface area contributed by atoms with Gasteiger partial charge in [-0.3, -0.25) is 15.0 Å². The Morgan fingerprint density at radius 3 is 2.11 bits per heavy atom. The molecule has 3 aromatic carbocycles. The van der Waals surface area contributed by atoms with Gasteiger partial charge in [0.25, 0.3) is 0 Å². The number of nitrogens with two attached hydrogens (primary N) is 1. The fraction of sp³-hybridized carbons (Fsp3) is 0.290. The van der Waals surface area contributed by atoms with Gasteiger partial charge in [-0.25, -0.2) is 13.2 Å². The molecule has 6 N–H and O–H groups in total. The molecular formula is C31H37N5O6S2. The van der Waals surface area contributed by atoms with Crippen LogP contribution >= 0.6 is 11.8 Å². The summed E-state index contributed by atoms with van der Waals surface area (Å²) in [5.74, 6) is -1.14. The van der Waals surface area contributed by atoms with E-state index in [0.29, 0.717) is 23.3 Å². The fourth-order valence-corrected chi connectivity index (χ4v) is 5.84. The summed E-state index contributed by atoms with van der Waals surface area (Å²) in [5, 5.41) is 13.1. The van der Waals surface area contributed by atoms with Gasteiger partial charge < -0.3 is 21.1 Å². The number of thioether (sulfide) groups is 1. The number of nitrogens with one attached hydrogen (secondary N) is 4. The van der Waals surface area contributed by atoms with E-state index in [2.05, 4.69) is 15.4 Å². The molecule has 0 heterocycles. The molecule has 11 nitrogen and oxygen atoms in total.